The molecule has 0 rings (SSSR count). The Morgan fingerprint density at radius 2 is 0.640 bits per heavy atom. The number of hydrogen-bond donors (Lipinski definition) is 2. The zero-order chi connectivity index (χ0) is 19.4. The Bertz CT molecular complexity index is 268. The largest absolute Gasteiger partial charge is 0.330 e. The molecule has 25 heavy (non-hydrogen) atoms. The summed E-state index contributed by atoms with van der Waals surface area (Å²) in [5, 5.41) is 0. The lowest BCUT2D eigenvalue weighted by atomic mass is 9.61. The Labute approximate surface area is 159 Å². The minimum Gasteiger partial charge on any atom is -0.330 e. The third-order valence-corrected chi connectivity index (χ3v) is 7.42. The van der Waals surface area contributed by atoms with Gasteiger partial charge in [0.05, 0.1) is 0 Å². The first-order valence-electron chi connectivity index (χ1n) is 11.4. The molecule has 2 heteroatoms. The van der Waals surface area contributed by atoms with E-state index in [-0.39, 0.29) is 0 Å². The minimum absolute atomic E-state index is 0.679. The van der Waals surface area contributed by atoms with Crippen LogP contribution in [0.2, 0.25) is 0 Å². The molecule has 0 spiro atoms. The van der Waals surface area contributed by atoms with Gasteiger partial charge in [0.2, 0.25) is 0 Å². The van der Waals surface area contributed by atoms with Crippen LogP contribution in [0.25, 0.3) is 0 Å². The smallest absolute Gasteiger partial charge is 0.00462 e. The number of rotatable bonds is 15. The van der Waals surface area contributed by atoms with Crippen molar-refractivity contribution in [1.82, 2.24) is 0 Å². The molecule has 2 nitrogen and oxygen atoms in total. The molecule has 0 aromatic heterocycles. The van der Waals surface area contributed by atoms with Crippen molar-refractivity contribution in [3.63, 3.8) is 0 Å². The molecule has 0 heterocycles. The average molecular weight is 355 g/mol. The Hall–Kier alpha value is -0.0800. The maximum Gasteiger partial charge on any atom is -0.00462 e. The zero-order valence-corrected chi connectivity index (χ0v) is 18.6. The van der Waals surface area contributed by atoms with E-state index in [1.54, 1.807) is 0 Å². The van der Waals surface area contributed by atoms with Crippen molar-refractivity contribution >= 4 is 0 Å². The first-order chi connectivity index (χ1) is 12.0. The van der Waals surface area contributed by atoms with Crippen LogP contribution in [0.3, 0.4) is 0 Å². The molecule has 0 aromatic carbocycles. The van der Waals surface area contributed by atoms with Crippen molar-refractivity contribution < 1.29 is 0 Å². The third-order valence-electron chi connectivity index (χ3n) is 7.42. The molecule has 0 aliphatic carbocycles. The van der Waals surface area contributed by atoms with E-state index in [1.807, 2.05) is 0 Å². The van der Waals surface area contributed by atoms with Crippen molar-refractivity contribution in [2.24, 2.45) is 52.9 Å². The van der Waals surface area contributed by atoms with Crippen LogP contribution in [0, 0.1) is 41.4 Å². The van der Waals surface area contributed by atoms with Gasteiger partial charge < -0.3 is 11.5 Å². The molecule has 152 valence electrons. The summed E-state index contributed by atoms with van der Waals surface area (Å²) < 4.78 is 0. The zero-order valence-electron chi connectivity index (χ0n) is 18.6. The van der Waals surface area contributed by atoms with E-state index in [9.17, 15) is 0 Å². The molecule has 0 fully saturated rings. The van der Waals surface area contributed by atoms with Crippen LogP contribution in [0.1, 0.15) is 93.4 Å². The number of hydrogen-bond acceptors (Lipinski definition) is 2. The second-order valence-corrected chi connectivity index (χ2v) is 8.17. The van der Waals surface area contributed by atoms with Gasteiger partial charge in [-0.2, -0.15) is 0 Å². The van der Waals surface area contributed by atoms with E-state index < -0.39 is 0 Å². The van der Waals surface area contributed by atoms with Gasteiger partial charge >= 0.3 is 0 Å². The summed E-state index contributed by atoms with van der Waals surface area (Å²) in [6.45, 7) is 18.3. The van der Waals surface area contributed by atoms with Crippen molar-refractivity contribution in [2.45, 2.75) is 93.4 Å². The highest BCUT2D eigenvalue weighted by atomic mass is 14.6. The molecule has 0 aromatic rings. The normalized spacial score (nSPS) is 20.5. The second kappa shape index (κ2) is 14.0. The first-order valence-corrected chi connectivity index (χ1v) is 11.4. The lowest BCUT2D eigenvalue weighted by Gasteiger charge is -2.44. The molecule has 4 N–H and O–H groups in total. The maximum absolute atomic E-state index is 6.16. The predicted molar refractivity (Wildman–Crippen MR) is 115 cm³/mol. The highest BCUT2D eigenvalue weighted by Crippen LogP contribution is 2.44. The third kappa shape index (κ3) is 6.54. The highest BCUT2D eigenvalue weighted by Gasteiger charge is 2.38. The molecule has 0 amide bonds. The fourth-order valence-electron chi connectivity index (χ4n) is 6.03. The van der Waals surface area contributed by atoms with E-state index in [2.05, 4.69) is 48.5 Å². The summed E-state index contributed by atoms with van der Waals surface area (Å²) in [6, 6.07) is 0. The fourth-order valence-corrected chi connectivity index (χ4v) is 6.03. The molecule has 0 aliphatic rings. The van der Waals surface area contributed by atoms with Gasteiger partial charge in [-0.3, -0.25) is 0 Å². The van der Waals surface area contributed by atoms with E-state index in [1.165, 1.54) is 44.9 Å². The van der Waals surface area contributed by atoms with Gasteiger partial charge in [0.25, 0.3) is 0 Å². The molecular weight excluding hydrogens is 304 g/mol. The summed E-state index contributed by atoms with van der Waals surface area (Å²) in [4.78, 5) is 0. The van der Waals surface area contributed by atoms with Crippen LogP contribution in [0.4, 0.5) is 0 Å². The Balaban J connectivity index is 5.68. The quantitative estimate of drug-likeness (QED) is 0.374. The molecule has 6 atom stereocenters. The van der Waals surface area contributed by atoms with Crippen molar-refractivity contribution in [2.75, 3.05) is 13.1 Å². The molecular formula is C23H50N2. The van der Waals surface area contributed by atoms with Crippen LogP contribution in [0.5, 0.6) is 0 Å². The first kappa shape index (κ1) is 24.9. The summed E-state index contributed by atoms with van der Waals surface area (Å²) in [6.07, 6.45) is 8.86. The van der Waals surface area contributed by atoms with Crippen LogP contribution < -0.4 is 11.5 Å². The molecule has 0 saturated heterocycles. The van der Waals surface area contributed by atoms with Crippen molar-refractivity contribution in [1.29, 1.82) is 0 Å². The van der Waals surface area contributed by atoms with Crippen LogP contribution >= 0.6 is 0 Å². The predicted octanol–water partition coefficient (Wildman–Crippen LogP) is 6.09. The summed E-state index contributed by atoms with van der Waals surface area (Å²) in [7, 11) is 0. The van der Waals surface area contributed by atoms with E-state index in [4.69, 9.17) is 11.5 Å². The second-order valence-electron chi connectivity index (χ2n) is 8.17. The summed E-state index contributed by atoms with van der Waals surface area (Å²) in [5.74, 6) is 5.32. The van der Waals surface area contributed by atoms with Crippen LogP contribution in [0.15, 0.2) is 0 Å². The Morgan fingerprint density at radius 1 is 0.400 bits per heavy atom. The fraction of sp³-hybridized carbons (Fsp3) is 1.00. The average Bonchev–Trinajstić information content (AvgIpc) is 2.65. The van der Waals surface area contributed by atoms with Gasteiger partial charge in [-0.25, -0.2) is 0 Å². The van der Waals surface area contributed by atoms with Crippen molar-refractivity contribution in [3.8, 4) is 0 Å². The molecule has 0 bridgehead atoms. The lowest BCUT2D eigenvalue weighted by Crippen LogP contribution is -2.39. The van der Waals surface area contributed by atoms with E-state index >= 15 is 0 Å². The van der Waals surface area contributed by atoms with Gasteiger partial charge in [0.15, 0.2) is 0 Å². The van der Waals surface area contributed by atoms with Gasteiger partial charge in [0.1, 0.15) is 0 Å². The maximum atomic E-state index is 6.16. The van der Waals surface area contributed by atoms with Crippen molar-refractivity contribution in [3.05, 3.63) is 0 Å². The Kier molecular flexibility index (Phi) is 14.0. The molecule has 0 aliphatic heterocycles. The van der Waals surface area contributed by atoms with Crippen LogP contribution in [-0.4, -0.2) is 13.1 Å². The molecule has 0 saturated carbocycles. The number of nitrogens with two attached hydrogens (primary N) is 2. The topological polar surface area (TPSA) is 52.0 Å². The van der Waals surface area contributed by atoms with Gasteiger partial charge in [-0.05, 0) is 54.5 Å². The standard InChI is InChI=1S/C23H50N2/c1-8-17(15-24)19(10-3)21(12-5)23(14-7)22(13-6)20(11-4)18(9-2)16-25/h17-23H,8-16,24-25H2,1-7H3. The van der Waals surface area contributed by atoms with Gasteiger partial charge in [-0.1, -0.05) is 93.4 Å². The SMILES string of the molecule is CCC(CN)C(CC)C(CC)C(CC)C(CC)C(CC)C(CC)CN. The molecule has 0 radical (unpaired) electrons. The van der Waals surface area contributed by atoms with E-state index in [0.29, 0.717) is 11.8 Å². The van der Waals surface area contributed by atoms with Crippen LogP contribution in [-0.2, 0) is 0 Å². The molecule has 6 unspecified atom stereocenters. The Morgan fingerprint density at radius 3 is 0.800 bits per heavy atom. The highest BCUT2D eigenvalue weighted by molar-refractivity contribution is 4.88. The minimum atomic E-state index is 0.679. The van der Waals surface area contributed by atoms with E-state index in [0.717, 1.165) is 42.7 Å². The monoisotopic (exact) mass is 354 g/mol. The summed E-state index contributed by atoms with van der Waals surface area (Å²) >= 11 is 0. The van der Waals surface area contributed by atoms with Gasteiger partial charge in [0, 0.05) is 0 Å². The van der Waals surface area contributed by atoms with Gasteiger partial charge in [-0.15, -0.1) is 0 Å². The summed E-state index contributed by atoms with van der Waals surface area (Å²) in [5.41, 5.74) is 12.3. The lowest BCUT2D eigenvalue weighted by molar-refractivity contribution is 0.0537.